The number of hydrogen-bond acceptors (Lipinski definition) is 3. The van der Waals surface area contributed by atoms with Gasteiger partial charge in [0, 0.05) is 31.9 Å². The number of halogens is 3. The summed E-state index contributed by atoms with van der Waals surface area (Å²) >= 11 is 20.0. The van der Waals surface area contributed by atoms with Crippen molar-refractivity contribution in [1.82, 2.24) is 9.97 Å². The Kier molecular flexibility index (Phi) is 5.71. The normalized spacial score (nSPS) is 11.3. The molecule has 0 unspecified atom stereocenters. The summed E-state index contributed by atoms with van der Waals surface area (Å²) in [5.41, 5.74) is 3.62. The summed E-state index contributed by atoms with van der Waals surface area (Å²) in [5.74, 6) is 0.578. The number of nitrogens with zero attached hydrogens (tertiary/aromatic N) is 1. The first-order valence-corrected chi connectivity index (χ1v) is 11.1. The van der Waals surface area contributed by atoms with Crippen LogP contribution in [0.3, 0.4) is 0 Å². The number of aryl methyl sites for hydroxylation is 2. The van der Waals surface area contributed by atoms with Crippen LogP contribution in [0.1, 0.15) is 28.8 Å². The lowest BCUT2D eigenvalue weighted by Crippen LogP contribution is -2.12. The van der Waals surface area contributed by atoms with Crippen molar-refractivity contribution in [3.63, 3.8) is 0 Å². The van der Waals surface area contributed by atoms with Crippen LogP contribution in [0.4, 0.5) is 0 Å². The summed E-state index contributed by atoms with van der Waals surface area (Å²) in [6, 6.07) is 11.2. The first kappa shape index (κ1) is 20.4. The van der Waals surface area contributed by atoms with Crippen LogP contribution in [0.15, 0.2) is 41.2 Å². The lowest BCUT2D eigenvalue weighted by atomic mass is 10.0. The van der Waals surface area contributed by atoms with Gasteiger partial charge < -0.3 is 4.98 Å². The molecule has 0 saturated carbocycles. The molecule has 0 fully saturated rings. The van der Waals surface area contributed by atoms with Crippen LogP contribution >= 0.6 is 46.1 Å². The molecule has 4 rings (SSSR count). The summed E-state index contributed by atoms with van der Waals surface area (Å²) in [6.45, 7) is 4.04. The zero-order valence-electron chi connectivity index (χ0n) is 15.8. The molecular formula is C22H17Cl3N2OS. The zero-order chi connectivity index (χ0) is 20.7. The number of benzene rings is 2. The summed E-state index contributed by atoms with van der Waals surface area (Å²) < 4.78 is 0. The van der Waals surface area contributed by atoms with Gasteiger partial charge in [0.15, 0.2) is 0 Å². The number of H-pyrrole nitrogens is 1. The van der Waals surface area contributed by atoms with Crippen LogP contribution < -0.4 is 5.56 Å². The third-order valence-corrected chi connectivity index (χ3v) is 7.06. The van der Waals surface area contributed by atoms with Crippen LogP contribution in [0, 0.1) is 6.92 Å². The molecule has 7 heteroatoms. The van der Waals surface area contributed by atoms with E-state index in [1.807, 2.05) is 31.2 Å². The second-order valence-corrected chi connectivity index (χ2v) is 9.16. The highest BCUT2D eigenvalue weighted by Crippen LogP contribution is 2.37. The maximum Gasteiger partial charge on any atom is 0.260 e. The lowest BCUT2D eigenvalue weighted by molar-refractivity contribution is 0.977. The van der Waals surface area contributed by atoms with Gasteiger partial charge in [0.2, 0.25) is 0 Å². The van der Waals surface area contributed by atoms with Gasteiger partial charge in [-0.3, -0.25) is 4.79 Å². The van der Waals surface area contributed by atoms with E-state index in [1.54, 1.807) is 23.5 Å². The van der Waals surface area contributed by atoms with Gasteiger partial charge >= 0.3 is 0 Å². The Morgan fingerprint density at radius 2 is 1.86 bits per heavy atom. The molecule has 2 aromatic heterocycles. The van der Waals surface area contributed by atoms with Crippen molar-refractivity contribution in [2.45, 2.75) is 26.7 Å². The molecule has 0 aliphatic carbocycles. The molecule has 0 atom stereocenters. The number of hydrogen-bond donors (Lipinski definition) is 1. The Balaban J connectivity index is 1.85. The largest absolute Gasteiger partial charge is 0.310 e. The molecule has 29 heavy (non-hydrogen) atoms. The summed E-state index contributed by atoms with van der Waals surface area (Å²) in [7, 11) is 0. The van der Waals surface area contributed by atoms with E-state index in [1.165, 1.54) is 0 Å². The third-order valence-electron chi connectivity index (χ3n) is 4.82. The predicted octanol–water partition coefficient (Wildman–Crippen LogP) is 7.07. The fourth-order valence-electron chi connectivity index (χ4n) is 3.38. The number of aromatic amines is 1. The molecule has 0 spiro atoms. The minimum Gasteiger partial charge on any atom is -0.310 e. The van der Waals surface area contributed by atoms with Crippen molar-refractivity contribution in [2.75, 3.05) is 0 Å². The van der Waals surface area contributed by atoms with Crippen LogP contribution in [-0.2, 0) is 12.8 Å². The first-order chi connectivity index (χ1) is 13.9. The second kappa shape index (κ2) is 8.11. The van der Waals surface area contributed by atoms with E-state index in [2.05, 4.69) is 11.9 Å². The Hall–Kier alpha value is -1.85. The van der Waals surface area contributed by atoms with Gasteiger partial charge in [-0.2, -0.15) is 0 Å². The second-order valence-electron chi connectivity index (χ2n) is 6.82. The van der Waals surface area contributed by atoms with Crippen molar-refractivity contribution < 1.29 is 0 Å². The van der Waals surface area contributed by atoms with Crippen molar-refractivity contribution in [2.24, 2.45) is 0 Å². The van der Waals surface area contributed by atoms with E-state index >= 15 is 0 Å². The average molecular weight is 464 g/mol. The van der Waals surface area contributed by atoms with Crippen LogP contribution in [0.5, 0.6) is 0 Å². The van der Waals surface area contributed by atoms with Crippen molar-refractivity contribution in [3.05, 3.63) is 83.6 Å². The van der Waals surface area contributed by atoms with E-state index in [-0.39, 0.29) is 5.56 Å². The summed E-state index contributed by atoms with van der Waals surface area (Å²) in [5, 5.41) is 2.46. The fourth-order valence-corrected chi connectivity index (χ4v) is 5.13. The maximum atomic E-state index is 13.0. The summed E-state index contributed by atoms with van der Waals surface area (Å²) in [6.07, 6.45) is 1.24. The van der Waals surface area contributed by atoms with Gasteiger partial charge in [-0.05, 0) is 54.3 Å². The van der Waals surface area contributed by atoms with Crippen LogP contribution in [-0.4, -0.2) is 9.97 Å². The van der Waals surface area contributed by atoms with Gasteiger partial charge in [0.25, 0.3) is 5.56 Å². The molecule has 0 amide bonds. The van der Waals surface area contributed by atoms with Gasteiger partial charge in [0.1, 0.15) is 10.7 Å². The number of nitrogens with one attached hydrogen (secondary N) is 1. The van der Waals surface area contributed by atoms with E-state index in [0.29, 0.717) is 32.7 Å². The Bertz CT molecular complexity index is 1290. The highest BCUT2D eigenvalue weighted by Gasteiger charge is 2.19. The van der Waals surface area contributed by atoms with Crippen molar-refractivity contribution in [3.8, 4) is 11.1 Å². The van der Waals surface area contributed by atoms with Gasteiger partial charge in [-0.25, -0.2) is 4.98 Å². The highest BCUT2D eigenvalue weighted by atomic mass is 35.5. The molecule has 0 radical (unpaired) electrons. The summed E-state index contributed by atoms with van der Waals surface area (Å²) in [4.78, 5) is 22.6. The van der Waals surface area contributed by atoms with Gasteiger partial charge in [-0.1, -0.05) is 53.9 Å². The van der Waals surface area contributed by atoms with E-state index in [9.17, 15) is 4.79 Å². The number of thiophene rings is 1. The fraction of sp³-hybridized carbons (Fsp3) is 0.182. The molecule has 4 aromatic rings. The van der Waals surface area contributed by atoms with E-state index in [0.717, 1.165) is 38.4 Å². The molecule has 3 nitrogen and oxygen atoms in total. The highest BCUT2D eigenvalue weighted by molar-refractivity contribution is 7.19. The van der Waals surface area contributed by atoms with E-state index in [4.69, 9.17) is 39.8 Å². The molecule has 0 bridgehead atoms. The number of rotatable bonds is 4. The Morgan fingerprint density at radius 1 is 1.07 bits per heavy atom. The Morgan fingerprint density at radius 3 is 2.55 bits per heavy atom. The molecule has 0 saturated heterocycles. The third kappa shape index (κ3) is 3.95. The quantitative estimate of drug-likeness (QED) is 0.351. The predicted molar refractivity (Wildman–Crippen MR) is 124 cm³/mol. The zero-order valence-corrected chi connectivity index (χ0v) is 18.9. The van der Waals surface area contributed by atoms with Crippen LogP contribution in [0.2, 0.25) is 15.1 Å². The molecular weight excluding hydrogens is 447 g/mol. The van der Waals surface area contributed by atoms with E-state index < -0.39 is 0 Å². The molecule has 148 valence electrons. The monoisotopic (exact) mass is 462 g/mol. The first-order valence-electron chi connectivity index (χ1n) is 9.12. The van der Waals surface area contributed by atoms with Crippen LogP contribution in [0.25, 0.3) is 21.3 Å². The Labute approximate surface area is 187 Å². The maximum absolute atomic E-state index is 13.0. The number of aromatic nitrogens is 2. The molecule has 0 aliphatic rings. The lowest BCUT2D eigenvalue weighted by Gasteiger charge is -2.07. The molecule has 2 aromatic carbocycles. The SMILES string of the molecule is CCc1sc2nc(Cc3ccc(Cl)cc3Cl)[nH]c(=O)c2c1-c1ccc(Cl)c(C)c1. The molecule has 2 heterocycles. The van der Waals surface area contributed by atoms with Gasteiger partial charge in [-0.15, -0.1) is 11.3 Å². The molecule has 1 N–H and O–H groups in total. The standard InChI is InChI=1S/C22H17Cl3N2OS/c1-3-17-19(13-5-7-15(24)11(2)8-13)20-21(28)26-18(27-22(20)29-17)9-12-4-6-14(23)10-16(12)25/h4-8,10H,3,9H2,1-2H3,(H,26,27,28). The van der Waals surface area contributed by atoms with Crippen molar-refractivity contribution in [1.29, 1.82) is 0 Å². The van der Waals surface area contributed by atoms with Crippen molar-refractivity contribution >= 4 is 56.4 Å². The smallest absolute Gasteiger partial charge is 0.260 e. The number of fused-ring (bicyclic) bond motifs is 1. The van der Waals surface area contributed by atoms with Gasteiger partial charge in [0.05, 0.1) is 5.39 Å². The average Bonchev–Trinajstić information content (AvgIpc) is 3.05. The topological polar surface area (TPSA) is 45.8 Å². The minimum atomic E-state index is -0.145. The minimum absolute atomic E-state index is 0.145. The molecule has 0 aliphatic heterocycles.